The molecule has 0 aliphatic carbocycles. The van der Waals surface area contributed by atoms with Gasteiger partial charge in [0.2, 0.25) is 0 Å². The van der Waals surface area contributed by atoms with E-state index >= 15 is 0 Å². The minimum atomic E-state index is -0.217. The Bertz CT molecular complexity index is 570. The van der Waals surface area contributed by atoms with Gasteiger partial charge in [0, 0.05) is 12.1 Å². The number of nitrogens with zero attached hydrogens (tertiary/aromatic N) is 1. The molecule has 106 valence electrons. The number of carbonyl (C=O) groups excluding carboxylic acids is 1. The van der Waals surface area contributed by atoms with E-state index in [4.69, 9.17) is 16.0 Å². The maximum Gasteiger partial charge on any atom is 0.251 e. The van der Waals surface area contributed by atoms with Crippen LogP contribution in [0.5, 0.6) is 0 Å². The second kappa shape index (κ2) is 6.96. The Kier molecular flexibility index (Phi) is 5.01. The van der Waals surface area contributed by atoms with E-state index in [2.05, 4.69) is 22.5 Å². The van der Waals surface area contributed by atoms with E-state index in [-0.39, 0.29) is 11.1 Å². The van der Waals surface area contributed by atoms with Gasteiger partial charge in [0.1, 0.15) is 16.7 Å². The minimum Gasteiger partial charge on any atom is -0.467 e. The first-order valence-electron chi connectivity index (χ1n) is 6.41. The molecule has 0 fully saturated rings. The number of furan rings is 1. The van der Waals surface area contributed by atoms with Crippen LogP contribution in [-0.4, -0.2) is 17.4 Å². The second-order valence-electron chi connectivity index (χ2n) is 4.25. The maximum absolute atomic E-state index is 12.1. The number of rotatable bonds is 6. The molecule has 0 bridgehead atoms. The summed E-state index contributed by atoms with van der Waals surface area (Å²) in [6, 6.07) is 6.79. The summed E-state index contributed by atoms with van der Waals surface area (Å²) in [5, 5.41) is 6.16. The normalized spacial score (nSPS) is 10.3. The van der Waals surface area contributed by atoms with E-state index in [1.807, 2.05) is 0 Å². The highest BCUT2D eigenvalue weighted by Gasteiger charge is 2.09. The lowest BCUT2D eigenvalue weighted by molar-refractivity contribution is 0.0948. The number of aromatic nitrogens is 1. The van der Waals surface area contributed by atoms with Crippen LogP contribution in [-0.2, 0) is 6.54 Å². The fourth-order valence-corrected chi connectivity index (χ4v) is 1.86. The van der Waals surface area contributed by atoms with Crippen LogP contribution in [0.1, 0.15) is 29.5 Å². The van der Waals surface area contributed by atoms with E-state index in [1.54, 1.807) is 24.5 Å². The van der Waals surface area contributed by atoms with Crippen molar-refractivity contribution in [3.8, 4) is 0 Å². The molecule has 20 heavy (non-hydrogen) atoms. The molecule has 2 rings (SSSR count). The number of amides is 1. The molecule has 2 N–H and O–H groups in total. The van der Waals surface area contributed by atoms with Crippen LogP contribution in [0.2, 0.25) is 5.15 Å². The Morgan fingerprint density at radius 2 is 2.30 bits per heavy atom. The predicted octanol–water partition coefficient (Wildman–Crippen LogP) is 3.08. The van der Waals surface area contributed by atoms with Crippen molar-refractivity contribution < 1.29 is 9.21 Å². The fraction of sp³-hybridized carbons (Fsp3) is 0.286. The summed E-state index contributed by atoms with van der Waals surface area (Å²) >= 11 is 5.92. The van der Waals surface area contributed by atoms with Gasteiger partial charge in [-0.2, -0.15) is 0 Å². The summed E-state index contributed by atoms with van der Waals surface area (Å²) in [5.41, 5.74) is 0.468. The first-order chi connectivity index (χ1) is 9.69. The maximum atomic E-state index is 12.1. The number of hydrogen-bond acceptors (Lipinski definition) is 4. The average Bonchev–Trinajstić information content (AvgIpc) is 2.95. The molecule has 5 nitrogen and oxygen atoms in total. The van der Waals surface area contributed by atoms with Gasteiger partial charge in [0.25, 0.3) is 5.91 Å². The lowest BCUT2D eigenvalue weighted by Crippen LogP contribution is -2.22. The van der Waals surface area contributed by atoms with Crippen LogP contribution in [0.3, 0.4) is 0 Å². The summed E-state index contributed by atoms with van der Waals surface area (Å²) in [4.78, 5) is 16.2. The van der Waals surface area contributed by atoms with Gasteiger partial charge in [-0.1, -0.05) is 18.5 Å². The van der Waals surface area contributed by atoms with E-state index in [9.17, 15) is 4.79 Å². The largest absolute Gasteiger partial charge is 0.467 e. The Morgan fingerprint density at radius 1 is 1.45 bits per heavy atom. The number of carbonyl (C=O) groups is 1. The molecule has 2 aromatic heterocycles. The van der Waals surface area contributed by atoms with Crippen LogP contribution in [0.4, 0.5) is 5.82 Å². The van der Waals surface area contributed by atoms with E-state index in [0.29, 0.717) is 23.7 Å². The Hall–Kier alpha value is -2.01. The second-order valence-corrected chi connectivity index (χ2v) is 4.64. The molecule has 1 amide bonds. The third kappa shape index (κ3) is 3.99. The highest BCUT2D eigenvalue weighted by atomic mass is 35.5. The van der Waals surface area contributed by atoms with Gasteiger partial charge in [-0.3, -0.25) is 4.79 Å². The smallest absolute Gasteiger partial charge is 0.251 e. The van der Waals surface area contributed by atoms with Gasteiger partial charge >= 0.3 is 0 Å². The van der Waals surface area contributed by atoms with E-state index in [1.165, 1.54) is 6.07 Å². The van der Waals surface area contributed by atoms with Crippen molar-refractivity contribution >= 4 is 23.3 Å². The van der Waals surface area contributed by atoms with Crippen LogP contribution in [0.15, 0.2) is 34.9 Å². The standard InChI is InChI=1S/C14H16ClN3O2/c1-2-5-16-13-8-10(7-12(15)18-13)14(19)17-9-11-4-3-6-20-11/h3-4,6-8H,2,5,9H2,1H3,(H,16,18)(H,17,19). The topological polar surface area (TPSA) is 67.2 Å². The summed E-state index contributed by atoms with van der Waals surface area (Å²) in [7, 11) is 0. The molecular weight excluding hydrogens is 278 g/mol. The molecule has 0 aliphatic heterocycles. The average molecular weight is 294 g/mol. The van der Waals surface area contributed by atoms with Crippen molar-refractivity contribution in [2.24, 2.45) is 0 Å². The van der Waals surface area contributed by atoms with E-state index in [0.717, 1.165) is 13.0 Å². The van der Waals surface area contributed by atoms with Crippen molar-refractivity contribution in [3.63, 3.8) is 0 Å². The molecule has 6 heteroatoms. The lowest BCUT2D eigenvalue weighted by Gasteiger charge is -2.08. The molecule has 0 spiro atoms. The zero-order valence-corrected chi connectivity index (χ0v) is 11.9. The molecule has 0 saturated heterocycles. The Balaban J connectivity index is 2.02. The first-order valence-corrected chi connectivity index (χ1v) is 6.79. The molecule has 0 unspecified atom stereocenters. The Labute approximate surface area is 122 Å². The van der Waals surface area contributed by atoms with Crippen molar-refractivity contribution in [2.75, 3.05) is 11.9 Å². The van der Waals surface area contributed by atoms with Crippen molar-refractivity contribution in [3.05, 3.63) is 47.0 Å². The molecular formula is C14H16ClN3O2. The summed E-state index contributed by atoms with van der Waals surface area (Å²) < 4.78 is 5.15. The number of pyridine rings is 1. The number of nitrogens with one attached hydrogen (secondary N) is 2. The first kappa shape index (κ1) is 14.4. The SMILES string of the molecule is CCCNc1cc(C(=O)NCc2ccco2)cc(Cl)n1. The zero-order chi connectivity index (χ0) is 14.4. The molecule has 0 aromatic carbocycles. The third-order valence-electron chi connectivity index (χ3n) is 2.62. The molecule has 0 radical (unpaired) electrons. The van der Waals surface area contributed by atoms with Crippen LogP contribution >= 0.6 is 11.6 Å². The van der Waals surface area contributed by atoms with Crippen LogP contribution in [0.25, 0.3) is 0 Å². The van der Waals surface area contributed by atoms with Gasteiger partial charge in [-0.25, -0.2) is 4.98 Å². The number of hydrogen-bond donors (Lipinski definition) is 2. The summed E-state index contributed by atoms with van der Waals surface area (Å²) in [5.74, 6) is 1.08. The summed E-state index contributed by atoms with van der Waals surface area (Å²) in [6.45, 7) is 3.17. The third-order valence-corrected chi connectivity index (χ3v) is 2.81. The predicted molar refractivity (Wildman–Crippen MR) is 77.9 cm³/mol. The number of halogens is 1. The van der Waals surface area contributed by atoms with Gasteiger partial charge < -0.3 is 15.1 Å². The van der Waals surface area contributed by atoms with Crippen molar-refractivity contribution in [1.82, 2.24) is 10.3 Å². The van der Waals surface area contributed by atoms with E-state index < -0.39 is 0 Å². The highest BCUT2D eigenvalue weighted by molar-refractivity contribution is 6.29. The highest BCUT2D eigenvalue weighted by Crippen LogP contribution is 2.15. The van der Waals surface area contributed by atoms with Gasteiger partial charge in [-0.15, -0.1) is 0 Å². The molecule has 0 saturated carbocycles. The molecule has 0 aliphatic rings. The van der Waals surface area contributed by atoms with Crippen LogP contribution < -0.4 is 10.6 Å². The van der Waals surface area contributed by atoms with Gasteiger partial charge in [0.15, 0.2) is 0 Å². The number of anilines is 1. The van der Waals surface area contributed by atoms with Crippen molar-refractivity contribution in [1.29, 1.82) is 0 Å². The quantitative estimate of drug-likeness (QED) is 0.803. The molecule has 2 heterocycles. The Morgan fingerprint density at radius 3 is 3.00 bits per heavy atom. The van der Waals surface area contributed by atoms with Gasteiger partial charge in [0.05, 0.1) is 12.8 Å². The summed E-state index contributed by atoms with van der Waals surface area (Å²) in [6.07, 6.45) is 2.53. The van der Waals surface area contributed by atoms with Crippen molar-refractivity contribution in [2.45, 2.75) is 19.9 Å². The molecule has 2 aromatic rings. The van der Waals surface area contributed by atoms with Gasteiger partial charge in [-0.05, 0) is 30.7 Å². The fourth-order valence-electron chi connectivity index (χ4n) is 1.65. The minimum absolute atomic E-state index is 0.217. The van der Waals surface area contributed by atoms with Crippen LogP contribution in [0, 0.1) is 0 Å². The zero-order valence-electron chi connectivity index (χ0n) is 11.1. The lowest BCUT2D eigenvalue weighted by atomic mass is 10.2. The molecule has 0 atom stereocenters. The monoisotopic (exact) mass is 293 g/mol.